The van der Waals surface area contributed by atoms with E-state index in [4.69, 9.17) is 5.73 Å². The van der Waals surface area contributed by atoms with E-state index in [9.17, 15) is 12.8 Å². The third-order valence-corrected chi connectivity index (χ3v) is 3.67. The van der Waals surface area contributed by atoms with Gasteiger partial charge < -0.3 is 10.3 Å². The maximum Gasteiger partial charge on any atom is 0.242 e. The van der Waals surface area contributed by atoms with Gasteiger partial charge in [0.1, 0.15) is 17.0 Å². The maximum atomic E-state index is 12.8. The molecule has 0 aliphatic rings. The van der Waals surface area contributed by atoms with Crippen molar-refractivity contribution in [1.82, 2.24) is 9.88 Å². The van der Waals surface area contributed by atoms with Crippen LogP contribution in [0.15, 0.2) is 39.9 Å². The minimum atomic E-state index is -3.81. The van der Waals surface area contributed by atoms with Crippen molar-refractivity contribution in [2.24, 2.45) is 0 Å². The van der Waals surface area contributed by atoms with E-state index in [2.05, 4.69) is 14.4 Å². The van der Waals surface area contributed by atoms with Gasteiger partial charge >= 0.3 is 0 Å². The molecule has 0 aliphatic heterocycles. The highest BCUT2D eigenvalue weighted by atomic mass is 32.2. The van der Waals surface area contributed by atoms with Crippen LogP contribution in [0.5, 0.6) is 0 Å². The first-order valence-electron chi connectivity index (χ1n) is 4.93. The van der Waals surface area contributed by atoms with Gasteiger partial charge in [-0.3, -0.25) is 0 Å². The first-order valence-corrected chi connectivity index (χ1v) is 6.41. The Morgan fingerprint density at radius 2 is 2.17 bits per heavy atom. The molecule has 1 aromatic heterocycles. The number of rotatable bonds is 4. The predicted molar refractivity (Wildman–Crippen MR) is 61.3 cm³/mol. The Labute approximate surface area is 103 Å². The fraction of sp³-hybridized carbons (Fsp3) is 0.100. The summed E-state index contributed by atoms with van der Waals surface area (Å²) >= 11 is 0. The van der Waals surface area contributed by atoms with Crippen molar-refractivity contribution in [3.05, 3.63) is 42.0 Å². The van der Waals surface area contributed by atoms with Crippen LogP contribution >= 0.6 is 0 Å². The molecule has 1 aromatic carbocycles. The molecule has 0 unspecified atom stereocenters. The Morgan fingerprint density at radius 1 is 1.39 bits per heavy atom. The van der Waals surface area contributed by atoms with E-state index in [1.807, 2.05) is 0 Å². The van der Waals surface area contributed by atoms with Crippen molar-refractivity contribution < 1.29 is 17.3 Å². The Kier molecular flexibility index (Phi) is 3.30. The van der Waals surface area contributed by atoms with E-state index >= 15 is 0 Å². The van der Waals surface area contributed by atoms with E-state index in [1.54, 1.807) is 0 Å². The van der Waals surface area contributed by atoms with Crippen molar-refractivity contribution in [3.8, 4) is 0 Å². The Hall–Kier alpha value is -1.93. The fourth-order valence-corrected chi connectivity index (χ4v) is 2.45. The summed E-state index contributed by atoms with van der Waals surface area (Å²) in [5.41, 5.74) is 5.74. The van der Waals surface area contributed by atoms with Crippen LogP contribution in [-0.2, 0) is 16.6 Å². The van der Waals surface area contributed by atoms with Crippen LogP contribution in [0.3, 0.4) is 0 Å². The van der Waals surface area contributed by atoms with E-state index in [0.717, 1.165) is 18.2 Å². The first-order chi connectivity index (χ1) is 8.49. The first kappa shape index (κ1) is 12.5. The lowest BCUT2D eigenvalue weighted by Crippen LogP contribution is -2.24. The zero-order chi connectivity index (χ0) is 13.2. The molecule has 6 nitrogen and oxygen atoms in total. The van der Waals surface area contributed by atoms with Gasteiger partial charge in [0.25, 0.3) is 0 Å². The van der Waals surface area contributed by atoms with Gasteiger partial charge in [0.15, 0.2) is 0 Å². The highest BCUT2D eigenvalue weighted by molar-refractivity contribution is 7.89. The van der Waals surface area contributed by atoms with Gasteiger partial charge in [-0.2, -0.15) is 0 Å². The smallest absolute Gasteiger partial charge is 0.242 e. The summed E-state index contributed by atoms with van der Waals surface area (Å²) in [5, 5.41) is 3.56. The largest absolute Gasteiger partial charge is 0.398 e. The average Bonchev–Trinajstić information content (AvgIpc) is 2.78. The Morgan fingerprint density at radius 3 is 2.78 bits per heavy atom. The number of aromatic nitrogens is 1. The van der Waals surface area contributed by atoms with Gasteiger partial charge in [0.05, 0.1) is 17.9 Å². The van der Waals surface area contributed by atoms with E-state index < -0.39 is 15.8 Å². The third kappa shape index (κ3) is 2.66. The van der Waals surface area contributed by atoms with Crippen LogP contribution in [0.25, 0.3) is 0 Å². The molecule has 0 amide bonds. The van der Waals surface area contributed by atoms with Crippen molar-refractivity contribution in [3.63, 3.8) is 0 Å². The standard InChI is InChI=1S/C10H10FN3O3S/c11-7-1-2-10(9(12)5-7)18(15,16)13-6-8-3-4-17-14-8/h1-5,13H,6,12H2. The topological polar surface area (TPSA) is 98.2 Å². The molecule has 0 saturated carbocycles. The summed E-state index contributed by atoms with van der Waals surface area (Å²) in [6.45, 7) is -0.0321. The zero-order valence-electron chi connectivity index (χ0n) is 9.13. The van der Waals surface area contributed by atoms with E-state index in [-0.39, 0.29) is 17.1 Å². The van der Waals surface area contributed by atoms with Crippen LogP contribution < -0.4 is 10.5 Å². The monoisotopic (exact) mass is 271 g/mol. The number of hydrogen-bond acceptors (Lipinski definition) is 5. The minimum Gasteiger partial charge on any atom is -0.398 e. The number of benzene rings is 1. The van der Waals surface area contributed by atoms with E-state index in [0.29, 0.717) is 5.69 Å². The summed E-state index contributed by atoms with van der Waals surface area (Å²) in [4.78, 5) is -0.174. The number of nitrogens with one attached hydrogen (secondary N) is 1. The number of anilines is 1. The maximum absolute atomic E-state index is 12.8. The number of nitrogens with two attached hydrogens (primary N) is 1. The van der Waals surface area contributed by atoms with Crippen LogP contribution in [0, 0.1) is 5.82 Å². The lowest BCUT2D eigenvalue weighted by atomic mass is 10.3. The van der Waals surface area contributed by atoms with Crippen molar-refractivity contribution in [2.75, 3.05) is 5.73 Å². The van der Waals surface area contributed by atoms with Crippen molar-refractivity contribution in [2.45, 2.75) is 11.4 Å². The lowest BCUT2D eigenvalue weighted by molar-refractivity contribution is 0.411. The molecule has 0 atom stereocenters. The number of nitrogen functional groups attached to an aromatic ring is 1. The molecule has 18 heavy (non-hydrogen) atoms. The van der Waals surface area contributed by atoms with Crippen LogP contribution in [-0.4, -0.2) is 13.6 Å². The summed E-state index contributed by atoms with van der Waals surface area (Å²) in [6.07, 6.45) is 1.33. The van der Waals surface area contributed by atoms with Crippen LogP contribution in [0.2, 0.25) is 0 Å². The molecule has 0 bridgehead atoms. The fourth-order valence-electron chi connectivity index (χ4n) is 1.34. The SMILES string of the molecule is Nc1cc(F)ccc1S(=O)(=O)NCc1ccon1. The van der Waals surface area contributed by atoms with Crippen molar-refractivity contribution >= 4 is 15.7 Å². The molecule has 0 radical (unpaired) electrons. The molecule has 3 N–H and O–H groups in total. The second-order valence-electron chi connectivity index (χ2n) is 3.50. The molecule has 0 aliphatic carbocycles. The average molecular weight is 271 g/mol. The molecule has 0 saturated heterocycles. The number of sulfonamides is 1. The molecule has 8 heteroatoms. The molecule has 0 spiro atoms. The molecule has 2 aromatic rings. The number of halogens is 1. The summed E-state index contributed by atoms with van der Waals surface area (Å²) < 4.78 is 43.5. The highest BCUT2D eigenvalue weighted by Crippen LogP contribution is 2.19. The van der Waals surface area contributed by atoms with Crippen LogP contribution in [0.4, 0.5) is 10.1 Å². The lowest BCUT2D eigenvalue weighted by Gasteiger charge is -2.07. The zero-order valence-corrected chi connectivity index (χ0v) is 9.95. The molecular formula is C10H10FN3O3S. The van der Waals surface area contributed by atoms with Gasteiger partial charge in [-0.15, -0.1) is 0 Å². The molecule has 1 heterocycles. The summed E-state index contributed by atoms with van der Waals surface area (Å²) in [6, 6.07) is 4.61. The van der Waals surface area contributed by atoms with Crippen molar-refractivity contribution in [1.29, 1.82) is 0 Å². The number of nitrogens with zero attached hydrogens (tertiary/aromatic N) is 1. The second kappa shape index (κ2) is 4.75. The van der Waals surface area contributed by atoms with E-state index in [1.165, 1.54) is 12.3 Å². The quantitative estimate of drug-likeness (QED) is 0.804. The van der Waals surface area contributed by atoms with Gasteiger partial charge in [0, 0.05) is 6.07 Å². The van der Waals surface area contributed by atoms with Crippen LogP contribution in [0.1, 0.15) is 5.69 Å². The summed E-state index contributed by atoms with van der Waals surface area (Å²) in [5.74, 6) is -0.594. The molecular weight excluding hydrogens is 261 g/mol. The van der Waals surface area contributed by atoms with Gasteiger partial charge in [0.2, 0.25) is 10.0 Å². The van der Waals surface area contributed by atoms with Gasteiger partial charge in [-0.25, -0.2) is 17.5 Å². The second-order valence-corrected chi connectivity index (χ2v) is 5.23. The predicted octanol–water partition coefficient (Wildman–Crippen LogP) is 0.874. The third-order valence-electron chi connectivity index (χ3n) is 2.20. The van der Waals surface area contributed by atoms with Gasteiger partial charge in [-0.1, -0.05) is 5.16 Å². The summed E-state index contributed by atoms with van der Waals surface area (Å²) in [7, 11) is -3.81. The Balaban J connectivity index is 2.20. The molecule has 0 fully saturated rings. The Bertz CT molecular complexity index is 640. The highest BCUT2D eigenvalue weighted by Gasteiger charge is 2.17. The minimum absolute atomic E-state index is 0.0321. The van der Waals surface area contributed by atoms with Gasteiger partial charge in [-0.05, 0) is 18.2 Å². The number of hydrogen-bond donors (Lipinski definition) is 2. The molecule has 2 rings (SSSR count). The normalized spacial score (nSPS) is 11.6. The molecule has 96 valence electrons.